The van der Waals surface area contributed by atoms with Gasteiger partial charge in [-0.3, -0.25) is 4.98 Å². The van der Waals surface area contributed by atoms with Gasteiger partial charge in [-0.2, -0.15) is 0 Å². The minimum atomic E-state index is 0.0691. The van der Waals surface area contributed by atoms with Crippen LogP contribution in [0.5, 0.6) is 0 Å². The number of hydrogen-bond acceptors (Lipinski definition) is 3. The van der Waals surface area contributed by atoms with Crippen molar-refractivity contribution in [2.75, 3.05) is 11.9 Å². The van der Waals surface area contributed by atoms with Gasteiger partial charge < -0.3 is 10.0 Å². The highest BCUT2D eigenvalue weighted by Crippen LogP contribution is 2.30. The van der Waals surface area contributed by atoms with Gasteiger partial charge in [-0.05, 0) is 32.3 Å². The molecular formula is C12H18N2O. The van der Waals surface area contributed by atoms with E-state index in [0.29, 0.717) is 6.04 Å². The molecule has 2 rings (SSSR count). The highest BCUT2D eigenvalue weighted by Gasteiger charge is 2.23. The maximum atomic E-state index is 9.26. The normalized spacial score (nSPS) is 16.2. The van der Waals surface area contributed by atoms with Gasteiger partial charge in [0.25, 0.3) is 0 Å². The first-order valence-corrected chi connectivity index (χ1v) is 5.51. The molecule has 82 valence electrons. The standard InChI is InChI=1S/C12H18N2O/c1-9-6-12(10(8-15)7-13-9)14(2)11-4-3-5-11/h6-7,11,15H,3-5,8H2,1-2H3. The van der Waals surface area contributed by atoms with E-state index in [2.05, 4.69) is 23.0 Å². The molecule has 0 amide bonds. The van der Waals surface area contributed by atoms with Crippen LogP contribution in [0.25, 0.3) is 0 Å². The number of aryl methyl sites for hydroxylation is 1. The topological polar surface area (TPSA) is 36.4 Å². The second-order valence-electron chi connectivity index (χ2n) is 4.31. The number of aliphatic hydroxyl groups is 1. The van der Waals surface area contributed by atoms with Crippen LogP contribution in [0.15, 0.2) is 12.3 Å². The Morgan fingerprint density at radius 3 is 2.80 bits per heavy atom. The molecule has 0 unspecified atom stereocenters. The Morgan fingerprint density at radius 2 is 2.27 bits per heavy atom. The zero-order chi connectivity index (χ0) is 10.8. The maximum Gasteiger partial charge on any atom is 0.0717 e. The zero-order valence-corrected chi connectivity index (χ0v) is 9.40. The van der Waals surface area contributed by atoms with Gasteiger partial charge in [0.05, 0.1) is 6.61 Å². The second-order valence-corrected chi connectivity index (χ2v) is 4.31. The Hall–Kier alpha value is -1.09. The van der Waals surface area contributed by atoms with Crippen LogP contribution < -0.4 is 4.90 Å². The van der Waals surface area contributed by atoms with Crippen LogP contribution in [0.2, 0.25) is 0 Å². The number of aliphatic hydroxyl groups excluding tert-OH is 1. The average molecular weight is 206 g/mol. The summed E-state index contributed by atoms with van der Waals surface area (Å²) in [5, 5.41) is 9.26. The smallest absolute Gasteiger partial charge is 0.0717 e. The molecule has 0 aliphatic heterocycles. The third-order valence-corrected chi connectivity index (χ3v) is 3.27. The van der Waals surface area contributed by atoms with Gasteiger partial charge in [0.15, 0.2) is 0 Å². The van der Waals surface area contributed by atoms with E-state index in [1.54, 1.807) is 6.20 Å². The molecule has 3 heteroatoms. The first-order valence-electron chi connectivity index (χ1n) is 5.51. The lowest BCUT2D eigenvalue weighted by Crippen LogP contribution is -2.37. The lowest BCUT2D eigenvalue weighted by atomic mass is 9.91. The summed E-state index contributed by atoms with van der Waals surface area (Å²) in [4.78, 5) is 6.49. The predicted molar refractivity (Wildman–Crippen MR) is 60.9 cm³/mol. The lowest BCUT2D eigenvalue weighted by molar-refractivity contribution is 0.281. The van der Waals surface area contributed by atoms with E-state index < -0.39 is 0 Å². The van der Waals surface area contributed by atoms with Gasteiger partial charge in [0.2, 0.25) is 0 Å². The van der Waals surface area contributed by atoms with E-state index in [1.165, 1.54) is 19.3 Å². The molecule has 1 fully saturated rings. The SMILES string of the molecule is Cc1cc(N(C)C2CCC2)c(CO)cn1. The molecule has 0 bridgehead atoms. The number of pyridine rings is 1. The Bertz CT molecular complexity index is 347. The summed E-state index contributed by atoms with van der Waals surface area (Å²) >= 11 is 0. The van der Waals surface area contributed by atoms with Crippen molar-refractivity contribution < 1.29 is 5.11 Å². The van der Waals surface area contributed by atoms with Crippen molar-refractivity contribution in [2.24, 2.45) is 0 Å². The molecule has 0 saturated heterocycles. The maximum absolute atomic E-state index is 9.26. The van der Waals surface area contributed by atoms with Gasteiger partial charge in [0.1, 0.15) is 0 Å². The van der Waals surface area contributed by atoms with Crippen molar-refractivity contribution in [3.05, 3.63) is 23.5 Å². The average Bonchev–Trinajstić information content (AvgIpc) is 2.15. The van der Waals surface area contributed by atoms with Crippen molar-refractivity contribution in [2.45, 2.75) is 38.8 Å². The zero-order valence-electron chi connectivity index (χ0n) is 9.40. The van der Waals surface area contributed by atoms with Crippen LogP contribution in [0.1, 0.15) is 30.5 Å². The van der Waals surface area contributed by atoms with Gasteiger partial charge >= 0.3 is 0 Å². The molecule has 0 spiro atoms. The molecule has 1 aliphatic rings. The van der Waals surface area contributed by atoms with E-state index in [1.807, 2.05) is 6.92 Å². The summed E-state index contributed by atoms with van der Waals surface area (Å²) in [6, 6.07) is 2.71. The Labute approximate surface area is 90.8 Å². The number of hydrogen-bond donors (Lipinski definition) is 1. The summed E-state index contributed by atoms with van der Waals surface area (Å²) in [7, 11) is 2.11. The fourth-order valence-electron chi connectivity index (χ4n) is 1.99. The van der Waals surface area contributed by atoms with E-state index in [4.69, 9.17) is 0 Å². The summed E-state index contributed by atoms with van der Waals surface area (Å²) < 4.78 is 0. The molecule has 3 nitrogen and oxygen atoms in total. The third-order valence-electron chi connectivity index (χ3n) is 3.27. The Balaban J connectivity index is 2.27. The van der Waals surface area contributed by atoms with Crippen molar-refractivity contribution >= 4 is 5.69 Å². The molecule has 15 heavy (non-hydrogen) atoms. The van der Waals surface area contributed by atoms with Crippen molar-refractivity contribution in [1.29, 1.82) is 0 Å². The number of anilines is 1. The van der Waals surface area contributed by atoms with Crippen molar-refractivity contribution in [3.63, 3.8) is 0 Å². The van der Waals surface area contributed by atoms with Gasteiger partial charge in [0, 0.05) is 36.2 Å². The predicted octanol–water partition coefficient (Wildman–Crippen LogP) is 1.87. The van der Waals surface area contributed by atoms with Crippen LogP contribution >= 0.6 is 0 Å². The number of nitrogens with zero attached hydrogens (tertiary/aromatic N) is 2. The molecule has 1 saturated carbocycles. The van der Waals surface area contributed by atoms with E-state index in [0.717, 1.165) is 16.9 Å². The van der Waals surface area contributed by atoms with Crippen LogP contribution in [0.3, 0.4) is 0 Å². The minimum Gasteiger partial charge on any atom is -0.392 e. The molecule has 1 aliphatic carbocycles. The Kier molecular flexibility index (Phi) is 2.91. The molecule has 1 heterocycles. The second kappa shape index (κ2) is 4.19. The fraction of sp³-hybridized carbons (Fsp3) is 0.583. The number of rotatable bonds is 3. The third kappa shape index (κ3) is 1.97. The van der Waals surface area contributed by atoms with Crippen LogP contribution in [0.4, 0.5) is 5.69 Å². The highest BCUT2D eigenvalue weighted by molar-refractivity contribution is 5.53. The quantitative estimate of drug-likeness (QED) is 0.820. The summed E-state index contributed by atoms with van der Waals surface area (Å²) in [5.74, 6) is 0. The highest BCUT2D eigenvalue weighted by atomic mass is 16.3. The summed E-state index contributed by atoms with van der Waals surface area (Å²) in [5.41, 5.74) is 3.07. The fourth-order valence-corrected chi connectivity index (χ4v) is 1.99. The minimum absolute atomic E-state index is 0.0691. The van der Waals surface area contributed by atoms with Gasteiger partial charge in [-0.1, -0.05) is 0 Å². The summed E-state index contributed by atoms with van der Waals surface area (Å²) in [6.45, 7) is 2.05. The molecule has 0 atom stereocenters. The van der Waals surface area contributed by atoms with Crippen molar-refractivity contribution in [1.82, 2.24) is 4.98 Å². The largest absolute Gasteiger partial charge is 0.392 e. The molecule has 1 aromatic rings. The van der Waals surface area contributed by atoms with Gasteiger partial charge in [-0.15, -0.1) is 0 Å². The van der Waals surface area contributed by atoms with E-state index in [9.17, 15) is 5.11 Å². The van der Waals surface area contributed by atoms with Crippen LogP contribution in [-0.2, 0) is 6.61 Å². The monoisotopic (exact) mass is 206 g/mol. The molecular weight excluding hydrogens is 188 g/mol. The van der Waals surface area contributed by atoms with Crippen LogP contribution in [0, 0.1) is 6.92 Å². The first kappa shape index (κ1) is 10.4. The molecule has 1 aromatic heterocycles. The molecule has 0 radical (unpaired) electrons. The summed E-state index contributed by atoms with van der Waals surface area (Å²) in [6.07, 6.45) is 5.64. The molecule has 0 aromatic carbocycles. The van der Waals surface area contributed by atoms with Crippen LogP contribution in [-0.4, -0.2) is 23.2 Å². The van der Waals surface area contributed by atoms with E-state index in [-0.39, 0.29) is 6.61 Å². The Morgan fingerprint density at radius 1 is 1.53 bits per heavy atom. The number of aromatic nitrogens is 1. The van der Waals surface area contributed by atoms with Crippen molar-refractivity contribution in [3.8, 4) is 0 Å². The van der Waals surface area contributed by atoms with E-state index >= 15 is 0 Å². The first-order chi connectivity index (χ1) is 7.22. The molecule has 1 N–H and O–H groups in total. The van der Waals surface area contributed by atoms with Gasteiger partial charge in [-0.25, -0.2) is 0 Å². The lowest BCUT2D eigenvalue weighted by Gasteiger charge is -2.37.